The number of benzene rings is 1. The minimum atomic E-state index is -3.72. The lowest BCUT2D eigenvalue weighted by atomic mass is 10.0. The number of rotatable bonds is 5. The minimum Gasteiger partial charge on any atom is -0.350 e. The highest BCUT2D eigenvalue weighted by atomic mass is 32.2. The molecular formula is C13H20N2O3S. The Kier molecular flexibility index (Phi) is 5.08. The maximum Gasteiger partial charge on any atom is 0.251 e. The third-order valence-corrected chi connectivity index (χ3v) is 3.58. The van der Waals surface area contributed by atoms with E-state index in [-0.39, 0.29) is 16.8 Å². The van der Waals surface area contributed by atoms with E-state index in [4.69, 9.17) is 5.14 Å². The maximum atomic E-state index is 11.9. The molecule has 0 radical (unpaired) electrons. The van der Waals surface area contributed by atoms with Gasteiger partial charge in [0.2, 0.25) is 10.0 Å². The van der Waals surface area contributed by atoms with Gasteiger partial charge in [-0.15, -0.1) is 0 Å². The zero-order valence-electron chi connectivity index (χ0n) is 11.4. The Morgan fingerprint density at radius 1 is 1.21 bits per heavy atom. The molecule has 0 heterocycles. The second-order valence-corrected chi connectivity index (χ2v) is 6.63. The van der Waals surface area contributed by atoms with E-state index in [0.29, 0.717) is 11.5 Å². The molecule has 1 unspecified atom stereocenters. The van der Waals surface area contributed by atoms with Crippen molar-refractivity contribution in [2.45, 2.75) is 38.1 Å². The lowest BCUT2D eigenvalue weighted by Gasteiger charge is -2.16. The van der Waals surface area contributed by atoms with Crippen LogP contribution in [-0.4, -0.2) is 20.4 Å². The first-order valence-corrected chi connectivity index (χ1v) is 7.68. The number of sulfonamides is 1. The van der Waals surface area contributed by atoms with E-state index in [2.05, 4.69) is 19.2 Å². The number of hydrogen-bond acceptors (Lipinski definition) is 3. The molecule has 0 fully saturated rings. The van der Waals surface area contributed by atoms with E-state index in [1.54, 1.807) is 0 Å². The number of hydrogen-bond donors (Lipinski definition) is 2. The molecule has 0 bridgehead atoms. The van der Waals surface area contributed by atoms with E-state index in [0.717, 1.165) is 6.42 Å². The van der Waals surface area contributed by atoms with E-state index in [1.165, 1.54) is 24.3 Å². The van der Waals surface area contributed by atoms with Gasteiger partial charge in [0.1, 0.15) is 0 Å². The third kappa shape index (κ3) is 5.00. The normalized spacial score (nSPS) is 13.3. The molecule has 0 aliphatic carbocycles. The molecule has 1 atom stereocenters. The van der Waals surface area contributed by atoms with Crippen LogP contribution < -0.4 is 10.5 Å². The smallest absolute Gasteiger partial charge is 0.251 e. The molecule has 19 heavy (non-hydrogen) atoms. The summed E-state index contributed by atoms with van der Waals surface area (Å²) in [6.07, 6.45) is 0.890. The molecule has 0 saturated carbocycles. The molecule has 1 rings (SSSR count). The first-order valence-electron chi connectivity index (χ1n) is 6.14. The van der Waals surface area contributed by atoms with Gasteiger partial charge >= 0.3 is 0 Å². The Hall–Kier alpha value is -1.40. The Bertz CT molecular complexity index is 536. The predicted octanol–water partition coefficient (Wildman–Crippen LogP) is 1.50. The number of nitrogens with one attached hydrogen (secondary N) is 1. The monoisotopic (exact) mass is 284 g/mol. The first kappa shape index (κ1) is 15.7. The van der Waals surface area contributed by atoms with Crippen LogP contribution in [-0.2, 0) is 10.0 Å². The Morgan fingerprint density at radius 2 is 1.74 bits per heavy atom. The standard InChI is InChI=1S/C13H20N2O3S/c1-9(2)8-10(3)15-13(16)11-4-6-12(7-5-11)19(14,17)18/h4-7,9-10H,8H2,1-3H3,(H,15,16)(H2,14,17,18). The van der Waals surface area contributed by atoms with Crippen LogP contribution in [0.15, 0.2) is 29.2 Å². The highest BCUT2D eigenvalue weighted by molar-refractivity contribution is 7.89. The second kappa shape index (κ2) is 6.16. The van der Waals surface area contributed by atoms with Crippen molar-refractivity contribution in [2.24, 2.45) is 11.1 Å². The second-order valence-electron chi connectivity index (χ2n) is 5.07. The third-order valence-electron chi connectivity index (χ3n) is 2.65. The zero-order valence-corrected chi connectivity index (χ0v) is 12.2. The van der Waals surface area contributed by atoms with Crippen LogP contribution in [0.25, 0.3) is 0 Å². The molecule has 1 aromatic carbocycles. The molecular weight excluding hydrogens is 264 g/mol. The van der Waals surface area contributed by atoms with Crippen molar-refractivity contribution in [3.8, 4) is 0 Å². The summed E-state index contributed by atoms with van der Waals surface area (Å²) < 4.78 is 22.2. The molecule has 1 aromatic rings. The first-order chi connectivity index (χ1) is 8.70. The molecule has 5 nitrogen and oxygen atoms in total. The molecule has 0 aliphatic heterocycles. The van der Waals surface area contributed by atoms with Crippen molar-refractivity contribution in [1.29, 1.82) is 0 Å². The fraction of sp³-hybridized carbons (Fsp3) is 0.462. The summed E-state index contributed by atoms with van der Waals surface area (Å²) in [5.41, 5.74) is 0.419. The van der Waals surface area contributed by atoms with Gasteiger partial charge in [-0.05, 0) is 43.5 Å². The fourth-order valence-corrected chi connectivity index (χ4v) is 2.38. The summed E-state index contributed by atoms with van der Waals surface area (Å²) in [6.45, 7) is 6.11. The van der Waals surface area contributed by atoms with Crippen LogP contribution >= 0.6 is 0 Å². The quantitative estimate of drug-likeness (QED) is 0.858. The fourth-order valence-electron chi connectivity index (χ4n) is 1.87. The largest absolute Gasteiger partial charge is 0.350 e. The van der Waals surface area contributed by atoms with E-state index in [1.807, 2.05) is 6.92 Å². The number of primary sulfonamides is 1. The van der Waals surface area contributed by atoms with Crippen molar-refractivity contribution in [3.05, 3.63) is 29.8 Å². The van der Waals surface area contributed by atoms with Crippen LogP contribution in [0, 0.1) is 5.92 Å². The molecule has 0 aliphatic rings. The van der Waals surface area contributed by atoms with E-state index < -0.39 is 10.0 Å². The van der Waals surface area contributed by atoms with Crippen LogP contribution in [0.2, 0.25) is 0 Å². The Labute approximate surface area is 114 Å². The Balaban J connectivity index is 2.74. The summed E-state index contributed by atoms with van der Waals surface area (Å²) in [5.74, 6) is 0.286. The van der Waals surface area contributed by atoms with Gasteiger partial charge in [0, 0.05) is 11.6 Å². The van der Waals surface area contributed by atoms with E-state index in [9.17, 15) is 13.2 Å². The van der Waals surface area contributed by atoms with Gasteiger partial charge in [-0.25, -0.2) is 13.6 Å². The van der Waals surface area contributed by atoms with Crippen LogP contribution in [0.3, 0.4) is 0 Å². The highest BCUT2D eigenvalue weighted by Crippen LogP contribution is 2.10. The SMILES string of the molecule is CC(C)CC(C)NC(=O)c1ccc(S(N)(=O)=O)cc1. The van der Waals surface area contributed by atoms with Gasteiger partial charge in [-0.1, -0.05) is 13.8 Å². The lowest BCUT2D eigenvalue weighted by molar-refractivity contribution is 0.0936. The van der Waals surface area contributed by atoms with Crippen LogP contribution in [0.1, 0.15) is 37.6 Å². The van der Waals surface area contributed by atoms with Crippen molar-refractivity contribution in [2.75, 3.05) is 0 Å². The summed E-state index contributed by atoms with van der Waals surface area (Å²) in [7, 11) is -3.72. The molecule has 106 valence electrons. The predicted molar refractivity (Wildman–Crippen MR) is 74.2 cm³/mol. The van der Waals surface area contributed by atoms with Crippen molar-refractivity contribution in [3.63, 3.8) is 0 Å². The number of nitrogens with two attached hydrogens (primary N) is 1. The van der Waals surface area contributed by atoms with Gasteiger partial charge < -0.3 is 5.32 Å². The summed E-state index contributed by atoms with van der Waals surface area (Å²) in [5, 5.41) is 7.86. The van der Waals surface area contributed by atoms with Crippen LogP contribution in [0.5, 0.6) is 0 Å². The van der Waals surface area contributed by atoms with Crippen molar-refractivity contribution < 1.29 is 13.2 Å². The molecule has 1 amide bonds. The molecule has 0 spiro atoms. The number of carbonyl (C=O) groups excluding carboxylic acids is 1. The average Bonchev–Trinajstić information content (AvgIpc) is 2.26. The summed E-state index contributed by atoms with van der Waals surface area (Å²) in [6, 6.07) is 5.65. The van der Waals surface area contributed by atoms with Gasteiger partial charge in [0.05, 0.1) is 4.90 Å². The zero-order chi connectivity index (χ0) is 14.6. The number of carbonyl (C=O) groups is 1. The van der Waals surface area contributed by atoms with Gasteiger partial charge in [0.25, 0.3) is 5.91 Å². The van der Waals surface area contributed by atoms with Crippen molar-refractivity contribution >= 4 is 15.9 Å². The maximum absolute atomic E-state index is 11.9. The van der Waals surface area contributed by atoms with Gasteiger partial charge in [-0.3, -0.25) is 4.79 Å². The molecule has 0 aromatic heterocycles. The summed E-state index contributed by atoms with van der Waals surface area (Å²) >= 11 is 0. The summed E-state index contributed by atoms with van der Waals surface area (Å²) in [4.78, 5) is 11.9. The van der Waals surface area contributed by atoms with Gasteiger partial charge in [0.15, 0.2) is 0 Å². The number of amides is 1. The molecule has 3 N–H and O–H groups in total. The topological polar surface area (TPSA) is 89.3 Å². The van der Waals surface area contributed by atoms with Crippen LogP contribution in [0.4, 0.5) is 0 Å². The van der Waals surface area contributed by atoms with Gasteiger partial charge in [-0.2, -0.15) is 0 Å². The lowest BCUT2D eigenvalue weighted by Crippen LogP contribution is -2.33. The van der Waals surface area contributed by atoms with E-state index >= 15 is 0 Å². The highest BCUT2D eigenvalue weighted by Gasteiger charge is 2.12. The Morgan fingerprint density at radius 3 is 2.16 bits per heavy atom. The minimum absolute atomic E-state index is 0.000668. The average molecular weight is 284 g/mol. The van der Waals surface area contributed by atoms with Crippen molar-refractivity contribution in [1.82, 2.24) is 5.32 Å². The molecule has 0 saturated heterocycles. The molecule has 6 heteroatoms.